The molecule has 0 radical (unpaired) electrons. The third kappa shape index (κ3) is 12.0. The lowest BCUT2D eigenvalue weighted by Gasteiger charge is -2.25. The number of carbonyl (C=O) groups excluding carboxylic acids is 3. The number of unbranched alkanes of at least 4 members (excludes halogenated alkanes) is 1. The van der Waals surface area contributed by atoms with Crippen LogP contribution in [0.1, 0.15) is 51.5 Å². The highest BCUT2D eigenvalue weighted by atomic mass is 16.4. The molecular formula is C25H39N5O8. The predicted octanol–water partition coefficient (Wildman–Crippen LogP) is -0.549. The molecule has 13 nitrogen and oxygen atoms in total. The largest absolute Gasteiger partial charge is 0.508 e. The minimum Gasteiger partial charge on any atom is -0.508 e. The normalized spacial score (nSPS) is 14.1. The second-order valence-electron chi connectivity index (χ2n) is 9.51. The van der Waals surface area contributed by atoms with Gasteiger partial charge in [0, 0.05) is 6.42 Å². The lowest BCUT2D eigenvalue weighted by atomic mass is 10.0. The number of carbonyl (C=O) groups is 5. The van der Waals surface area contributed by atoms with E-state index in [9.17, 15) is 39.3 Å². The van der Waals surface area contributed by atoms with Gasteiger partial charge in [-0.1, -0.05) is 26.0 Å². The van der Waals surface area contributed by atoms with Gasteiger partial charge < -0.3 is 42.7 Å². The van der Waals surface area contributed by atoms with Crippen LogP contribution >= 0.6 is 0 Å². The number of aliphatic carboxylic acids is 2. The number of hydrogen-bond donors (Lipinski definition) is 8. The van der Waals surface area contributed by atoms with Crippen LogP contribution in [0.3, 0.4) is 0 Å². The monoisotopic (exact) mass is 537 g/mol. The summed E-state index contributed by atoms with van der Waals surface area (Å²) in [6.45, 7) is 4.10. The van der Waals surface area contributed by atoms with Gasteiger partial charge in [0.1, 0.15) is 23.9 Å². The highest BCUT2D eigenvalue weighted by molar-refractivity contribution is 5.95. The van der Waals surface area contributed by atoms with Crippen LogP contribution in [0, 0.1) is 5.92 Å². The van der Waals surface area contributed by atoms with Crippen molar-refractivity contribution in [2.45, 2.75) is 76.5 Å². The van der Waals surface area contributed by atoms with E-state index in [0.29, 0.717) is 31.4 Å². The fourth-order valence-corrected chi connectivity index (χ4v) is 3.65. The van der Waals surface area contributed by atoms with Gasteiger partial charge in [0.15, 0.2) is 0 Å². The van der Waals surface area contributed by atoms with Crippen molar-refractivity contribution in [2.75, 3.05) is 6.54 Å². The Bertz CT molecular complexity index is 954. The Kier molecular flexibility index (Phi) is 13.8. The zero-order valence-electron chi connectivity index (χ0n) is 21.7. The molecule has 1 aromatic carbocycles. The molecule has 0 aromatic heterocycles. The third-order valence-corrected chi connectivity index (χ3v) is 5.64. The van der Waals surface area contributed by atoms with E-state index in [0.717, 1.165) is 0 Å². The minimum absolute atomic E-state index is 0.00427. The van der Waals surface area contributed by atoms with Gasteiger partial charge in [-0.3, -0.25) is 19.2 Å². The third-order valence-electron chi connectivity index (χ3n) is 5.64. The average molecular weight is 538 g/mol. The summed E-state index contributed by atoms with van der Waals surface area (Å²) in [5, 5.41) is 35.4. The number of rotatable bonds is 17. The summed E-state index contributed by atoms with van der Waals surface area (Å²) < 4.78 is 0. The van der Waals surface area contributed by atoms with E-state index >= 15 is 0 Å². The fraction of sp³-hybridized carbons (Fsp3) is 0.560. The Morgan fingerprint density at radius 2 is 1.39 bits per heavy atom. The Balaban J connectivity index is 3.11. The summed E-state index contributed by atoms with van der Waals surface area (Å²) >= 11 is 0. The number of benzene rings is 1. The van der Waals surface area contributed by atoms with E-state index in [2.05, 4.69) is 16.0 Å². The molecule has 3 amide bonds. The number of amides is 3. The summed E-state index contributed by atoms with van der Waals surface area (Å²) in [5.41, 5.74) is 11.9. The van der Waals surface area contributed by atoms with E-state index in [1.807, 2.05) is 13.8 Å². The van der Waals surface area contributed by atoms with Crippen LogP contribution < -0.4 is 27.4 Å². The van der Waals surface area contributed by atoms with Crippen LogP contribution in [0.25, 0.3) is 0 Å². The Labute approximate surface area is 221 Å². The van der Waals surface area contributed by atoms with Crippen molar-refractivity contribution in [1.29, 1.82) is 0 Å². The zero-order chi connectivity index (χ0) is 28.8. The molecule has 0 aliphatic carbocycles. The van der Waals surface area contributed by atoms with Gasteiger partial charge in [-0.2, -0.15) is 0 Å². The molecule has 0 bridgehead atoms. The molecule has 212 valence electrons. The molecule has 0 fully saturated rings. The van der Waals surface area contributed by atoms with Crippen molar-refractivity contribution in [3.8, 4) is 5.75 Å². The summed E-state index contributed by atoms with van der Waals surface area (Å²) in [6, 6.07) is 0.805. The fourth-order valence-electron chi connectivity index (χ4n) is 3.65. The molecule has 0 heterocycles. The van der Waals surface area contributed by atoms with Crippen LogP contribution in [0.4, 0.5) is 0 Å². The van der Waals surface area contributed by atoms with E-state index in [1.54, 1.807) is 0 Å². The lowest BCUT2D eigenvalue weighted by Crippen LogP contribution is -2.58. The first kappa shape index (κ1) is 32.3. The average Bonchev–Trinajstić information content (AvgIpc) is 2.82. The van der Waals surface area contributed by atoms with Crippen LogP contribution in [-0.2, 0) is 30.4 Å². The second-order valence-corrected chi connectivity index (χ2v) is 9.51. The molecular weight excluding hydrogens is 498 g/mol. The van der Waals surface area contributed by atoms with Gasteiger partial charge in [-0.15, -0.1) is 0 Å². The zero-order valence-corrected chi connectivity index (χ0v) is 21.7. The summed E-state index contributed by atoms with van der Waals surface area (Å²) in [6.07, 6.45) is 0.501. The summed E-state index contributed by atoms with van der Waals surface area (Å²) in [5.74, 6) is -5.08. The quantitative estimate of drug-likeness (QED) is 0.118. The van der Waals surface area contributed by atoms with Crippen molar-refractivity contribution in [2.24, 2.45) is 17.4 Å². The van der Waals surface area contributed by atoms with Crippen LogP contribution in [0.5, 0.6) is 5.75 Å². The van der Waals surface area contributed by atoms with Crippen molar-refractivity contribution in [1.82, 2.24) is 16.0 Å². The summed E-state index contributed by atoms with van der Waals surface area (Å²) in [7, 11) is 0. The van der Waals surface area contributed by atoms with Gasteiger partial charge in [-0.05, 0) is 55.8 Å². The van der Waals surface area contributed by atoms with Crippen molar-refractivity contribution < 1.29 is 39.3 Å². The van der Waals surface area contributed by atoms with Crippen molar-refractivity contribution >= 4 is 29.7 Å². The molecule has 0 saturated heterocycles. The maximum atomic E-state index is 13.2. The predicted molar refractivity (Wildman–Crippen MR) is 138 cm³/mol. The van der Waals surface area contributed by atoms with Gasteiger partial charge in [-0.25, -0.2) is 4.79 Å². The molecule has 13 heteroatoms. The number of carboxylic acid groups (broad SMARTS) is 2. The number of carboxylic acids is 2. The molecule has 10 N–H and O–H groups in total. The highest BCUT2D eigenvalue weighted by Crippen LogP contribution is 2.12. The number of nitrogens with one attached hydrogen (secondary N) is 3. The molecule has 0 unspecified atom stereocenters. The molecule has 0 spiro atoms. The smallest absolute Gasteiger partial charge is 0.326 e. The molecule has 38 heavy (non-hydrogen) atoms. The second kappa shape index (κ2) is 16.2. The maximum absolute atomic E-state index is 13.2. The van der Waals surface area contributed by atoms with E-state index < -0.39 is 60.2 Å². The minimum atomic E-state index is -1.61. The van der Waals surface area contributed by atoms with Crippen molar-refractivity contribution in [3.05, 3.63) is 29.8 Å². The number of nitrogens with two attached hydrogens (primary N) is 2. The lowest BCUT2D eigenvalue weighted by molar-refractivity contribution is -0.143. The molecule has 1 aromatic rings. The first-order chi connectivity index (χ1) is 17.8. The maximum Gasteiger partial charge on any atom is 0.326 e. The SMILES string of the molecule is CC(C)C[C@H](N)C(=O)N[C@@H](Cc1ccc(O)cc1)C(=O)N[C@@H](CC(=O)O)C(=O)N[C@@H](CCCCN)C(=O)O. The Hall–Kier alpha value is -3.71. The first-order valence-corrected chi connectivity index (χ1v) is 12.4. The molecule has 0 aliphatic rings. The van der Waals surface area contributed by atoms with E-state index in [-0.39, 0.29) is 24.5 Å². The number of phenols is 1. The van der Waals surface area contributed by atoms with E-state index in [4.69, 9.17) is 11.5 Å². The van der Waals surface area contributed by atoms with Gasteiger partial charge in [0.05, 0.1) is 12.5 Å². The highest BCUT2D eigenvalue weighted by Gasteiger charge is 2.31. The van der Waals surface area contributed by atoms with Gasteiger partial charge in [0.2, 0.25) is 17.7 Å². The molecule has 4 atom stereocenters. The first-order valence-electron chi connectivity index (χ1n) is 12.4. The van der Waals surface area contributed by atoms with E-state index in [1.165, 1.54) is 24.3 Å². The van der Waals surface area contributed by atoms with Gasteiger partial charge in [0.25, 0.3) is 0 Å². The molecule has 1 rings (SSSR count). The van der Waals surface area contributed by atoms with Crippen LogP contribution in [0.15, 0.2) is 24.3 Å². The Morgan fingerprint density at radius 1 is 0.842 bits per heavy atom. The standard InChI is InChI=1S/C25H39N5O8/c1-14(2)11-17(27)22(34)29-19(12-15-6-8-16(31)9-7-15)23(35)30-20(13-21(32)33)24(36)28-18(25(37)38)5-3-4-10-26/h6-9,14,17-20,31H,3-5,10-13,26-27H2,1-2H3,(H,28,36)(H,29,34)(H,30,35)(H,32,33)(H,37,38)/t17-,18-,19-,20-/m0/s1. The van der Waals surface area contributed by atoms with Crippen molar-refractivity contribution in [3.63, 3.8) is 0 Å². The molecule has 0 saturated carbocycles. The summed E-state index contributed by atoms with van der Waals surface area (Å²) in [4.78, 5) is 61.7. The topological polar surface area (TPSA) is 234 Å². The van der Waals surface area contributed by atoms with Crippen LogP contribution in [0.2, 0.25) is 0 Å². The van der Waals surface area contributed by atoms with Gasteiger partial charge >= 0.3 is 11.9 Å². The number of hydrogen-bond acceptors (Lipinski definition) is 8. The van der Waals surface area contributed by atoms with Crippen LogP contribution in [-0.4, -0.2) is 75.7 Å². The molecule has 0 aliphatic heterocycles. The Morgan fingerprint density at radius 3 is 1.92 bits per heavy atom. The number of aromatic hydroxyl groups is 1. The number of phenolic OH excluding ortho intramolecular Hbond substituents is 1.